The molecule has 0 fully saturated rings. The smallest absolute Gasteiger partial charge is 0.277 e. The van der Waals surface area contributed by atoms with Crippen LogP contribution in [0.1, 0.15) is 59.9 Å². The minimum atomic E-state index is -0.283. The average Bonchev–Trinajstić information content (AvgIpc) is 2.61. The van der Waals surface area contributed by atoms with E-state index in [1.54, 1.807) is 0 Å². The van der Waals surface area contributed by atoms with Crippen LogP contribution in [0.25, 0.3) is 0 Å². The van der Waals surface area contributed by atoms with Gasteiger partial charge in [-0.15, -0.1) is 0 Å². The van der Waals surface area contributed by atoms with Crippen LogP contribution >= 0.6 is 11.8 Å². The van der Waals surface area contributed by atoms with Gasteiger partial charge in [-0.3, -0.25) is 9.78 Å². The summed E-state index contributed by atoms with van der Waals surface area (Å²) < 4.78 is 0. The van der Waals surface area contributed by atoms with Gasteiger partial charge in [0, 0.05) is 5.69 Å². The molecule has 1 aromatic rings. The molecule has 1 heterocycles. The van der Waals surface area contributed by atoms with Crippen LogP contribution in [0.2, 0.25) is 0 Å². The molecule has 0 spiro atoms. The first-order chi connectivity index (χ1) is 9.24. The van der Waals surface area contributed by atoms with E-state index >= 15 is 0 Å². The maximum Gasteiger partial charge on any atom is 0.277 e. The molecule has 2 aliphatic rings. The highest BCUT2D eigenvalue weighted by molar-refractivity contribution is 8.13. The molecule has 4 heteroatoms. The molecule has 0 aromatic carbocycles. The van der Waals surface area contributed by atoms with Crippen LogP contribution in [0, 0.1) is 0 Å². The topological polar surface area (TPSA) is 56.0 Å². The molecule has 1 amide bonds. The van der Waals surface area contributed by atoms with E-state index < -0.39 is 0 Å². The highest BCUT2D eigenvalue weighted by atomic mass is 32.2. The van der Waals surface area contributed by atoms with Crippen LogP contribution in [0.15, 0.2) is 6.07 Å². The fourth-order valence-corrected chi connectivity index (χ4v) is 4.10. The second kappa shape index (κ2) is 5.53. The van der Waals surface area contributed by atoms with Gasteiger partial charge < -0.3 is 5.73 Å². The van der Waals surface area contributed by atoms with Crippen LogP contribution in [0.4, 0.5) is 4.79 Å². The Morgan fingerprint density at radius 3 is 2.79 bits per heavy atom. The number of nitrogens with two attached hydrogens (primary N) is 1. The Morgan fingerprint density at radius 1 is 1.16 bits per heavy atom. The molecule has 0 radical (unpaired) electrons. The molecule has 3 nitrogen and oxygen atoms in total. The van der Waals surface area contributed by atoms with Crippen molar-refractivity contribution in [3.05, 3.63) is 28.6 Å². The fraction of sp³-hybridized carbons (Fsp3) is 0.600. The Bertz CT molecular complexity index is 501. The number of fused-ring (bicyclic) bond motifs is 2. The highest BCUT2D eigenvalue weighted by Gasteiger charge is 2.26. The number of hydrogen-bond acceptors (Lipinski definition) is 3. The number of primary amides is 1. The summed E-state index contributed by atoms with van der Waals surface area (Å²) in [5.74, 6) is 0. The third-order valence-corrected chi connectivity index (χ3v) is 5.11. The number of rotatable bonds is 1. The lowest BCUT2D eigenvalue weighted by Crippen LogP contribution is -2.16. The molecule has 1 atom stereocenters. The normalized spacial score (nSPS) is 22.2. The maximum absolute atomic E-state index is 11.2. The van der Waals surface area contributed by atoms with Crippen LogP contribution in [0.5, 0.6) is 0 Å². The van der Waals surface area contributed by atoms with Crippen molar-refractivity contribution < 1.29 is 4.79 Å². The zero-order valence-corrected chi connectivity index (χ0v) is 12.0. The van der Waals surface area contributed by atoms with Crippen molar-refractivity contribution in [1.29, 1.82) is 0 Å². The third kappa shape index (κ3) is 2.78. The molecule has 0 saturated heterocycles. The van der Waals surface area contributed by atoms with E-state index in [0.717, 1.165) is 31.4 Å². The van der Waals surface area contributed by atoms with Crippen LogP contribution in [-0.4, -0.2) is 10.2 Å². The van der Waals surface area contributed by atoms with Crippen LogP contribution < -0.4 is 5.73 Å². The number of thioether (sulfide) groups is 1. The Morgan fingerprint density at radius 2 is 1.95 bits per heavy atom. The Hall–Kier alpha value is -1.03. The first kappa shape index (κ1) is 13.0. The van der Waals surface area contributed by atoms with Crippen molar-refractivity contribution in [1.82, 2.24) is 4.98 Å². The molecular weight excluding hydrogens is 256 g/mol. The molecule has 0 bridgehead atoms. The molecule has 19 heavy (non-hydrogen) atoms. The predicted octanol–water partition coefficient (Wildman–Crippen LogP) is 3.54. The molecule has 3 rings (SSSR count). The zero-order chi connectivity index (χ0) is 13.2. The van der Waals surface area contributed by atoms with Crippen molar-refractivity contribution in [2.75, 3.05) is 0 Å². The number of amides is 1. The Labute approximate surface area is 118 Å². The van der Waals surface area contributed by atoms with Gasteiger partial charge in [-0.05, 0) is 56.1 Å². The summed E-state index contributed by atoms with van der Waals surface area (Å²) in [5.41, 5.74) is 10.5. The first-order valence-electron chi connectivity index (χ1n) is 7.21. The minimum absolute atomic E-state index is 0.176. The van der Waals surface area contributed by atoms with Gasteiger partial charge in [0.2, 0.25) is 0 Å². The molecule has 0 saturated carbocycles. The van der Waals surface area contributed by atoms with Crippen molar-refractivity contribution in [3.8, 4) is 0 Å². The van der Waals surface area contributed by atoms with Gasteiger partial charge in [-0.25, -0.2) is 0 Å². The Balaban J connectivity index is 1.97. The second-order valence-electron chi connectivity index (χ2n) is 5.52. The van der Waals surface area contributed by atoms with E-state index in [4.69, 9.17) is 10.7 Å². The molecular formula is C15H20N2OS. The average molecular weight is 276 g/mol. The second-order valence-corrected chi connectivity index (χ2v) is 6.72. The lowest BCUT2D eigenvalue weighted by molar-refractivity contribution is 0.267. The monoisotopic (exact) mass is 276 g/mol. The van der Waals surface area contributed by atoms with E-state index in [9.17, 15) is 4.79 Å². The zero-order valence-electron chi connectivity index (χ0n) is 11.2. The molecule has 2 N–H and O–H groups in total. The summed E-state index contributed by atoms with van der Waals surface area (Å²) in [5, 5.41) is -0.107. The van der Waals surface area contributed by atoms with Gasteiger partial charge in [0.25, 0.3) is 5.24 Å². The number of nitrogens with zero attached hydrogens (tertiary/aromatic N) is 1. The lowest BCUT2D eigenvalue weighted by atomic mass is 9.92. The van der Waals surface area contributed by atoms with Crippen LogP contribution in [0.3, 0.4) is 0 Å². The molecule has 2 aliphatic carbocycles. The van der Waals surface area contributed by atoms with E-state index in [0.29, 0.717) is 0 Å². The lowest BCUT2D eigenvalue weighted by Gasteiger charge is -2.24. The largest absolute Gasteiger partial charge is 0.360 e. The van der Waals surface area contributed by atoms with Gasteiger partial charge in [0.15, 0.2) is 0 Å². The van der Waals surface area contributed by atoms with Crippen molar-refractivity contribution in [2.45, 2.75) is 56.6 Å². The third-order valence-electron chi connectivity index (χ3n) is 4.14. The summed E-state index contributed by atoms with van der Waals surface area (Å²) in [4.78, 5) is 16.1. The van der Waals surface area contributed by atoms with Gasteiger partial charge in [-0.1, -0.05) is 24.2 Å². The number of pyridine rings is 1. The quantitative estimate of drug-likeness (QED) is 0.798. The Kier molecular flexibility index (Phi) is 3.78. The minimum Gasteiger partial charge on any atom is -0.360 e. The van der Waals surface area contributed by atoms with E-state index in [1.165, 1.54) is 54.3 Å². The number of hydrogen-bond donors (Lipinski definition) is 1. The predicted molar refractivity (Wildman–Crippen MR) is 78.3 cm³/mol. The van der Waals surface area contributed by atoms with Crippen molar-refractivity contribution in [3.63, 3.8) is 0 Å². The first-order valence-corrected chi connectivity index (χ1v) is 8.09. The summed E-state index contributed by atoms with van der Waals surface area (Å²) in [7, 11) is 0. The summed E-state index contributed by atoms with van der Waals surface area (Å²) >= 11 is 1.25. The van der Waals surface area contributed by atoms with Crippen LogP contribution in [-0.2, 0) is 19.3 Å². The summed E-state index contributed by atoms with van der Waals surface area (Å²) in [6.07, 6.45) is 9.36. The van der Waals surface area contributed by atoms with Crippen molar-refractivity contribution in [2.24, 2.45) is 5.73 Å². The SMILES string of the molecule is NC(=O)SC1CCCc2cc3c(nc21)CCCCC3. The fourth-order valence-electron chi connectivity index (χ4n) is 3.22. The molecule has 1 aromatic heterocycles. The highest BCUT2D eigenvalue weighted by Crippen LogP contribution is 2.39. The van der Waals surface area contributed by atoms with Gasteiger partial charge in [0.05, 0.1) is 10.9 Å². The van der Waals surface area contributed by atoms with E-state index in [-0.39, 0.29) is 10.5 Å². The number of aryl methyl sites for hydroxylation is 3. The number of aromatic nitrogens is 1. The van der Waals surface area contributed by atoms with Gasteiger partial charge >= 0.3 is 0 Å². The summed E-state index contributed by atoms with van der Waals surface area (Å²) in [6.45, 7) is 0. The van der Waals surface area contributed by atoms with Gasteiger partial charge in [0.1, 0.15) is 0 Å². The molecule has 0 aliphatic heterocycles. The van der Waals surface area contributed by atoms with Crippen molar-refractivity contribution >= 4 is 17.0 Å². The van der Waals surface area contributed by atoms with E-state index in [1.807, 2.05) is 0 Å². The number of carbonyl (C=O) groups is 1. The summed E-state index contributed by atoms with van der Waals surface area (Å²) in [6, 6.07) is 2.36. The maximum atomic E-state index is 11.2. The number of carbonyl (C=O) groups excluding carboxylic acids is 1. The molecule has 1 unspecified atom stereocenters. The standard InChI is InChI=1S/C15H20N2OS/c16-15(18)19-13-8-4-6-11-9-10-5-2-1-3-7-12(10)17-14(11)13/h9,13H,1-8H2,(H2,16,18). The molecule has 102 valence electrons. The van der Waals surface area contributed by atoms with Gasteiger partial charge in [-0.2, -0.15) is 0 Å². The van der Waals surface area contributed by atoms with E-state index in [2.05, 4.69) is 6.07 Å².